The molecule has 1 amide bonds. The van der Waals surface area contributed by atoms with Crippen molar-refractivity contribution in [3.05, 3.63) is 58.9 Å². The SMILES string of the molecule is CC[C@@H](C(=O)NCc1ccc(N(CC)CC)cc1)N(c1ccc(F)c(Cl)c1)S(C)(=O)=O. The highest BCUT2D eigenvalue weighted by Gasteiger charge is 2.31. The van der Waals surface area contributed by atoms with Crippen molar-refractivity contribution in [3.8, 4) is 0 Å². The van der Waals surface area contributed by atoms with Gasteiger partial charge in [0.25, 0.3) is 0 Å². The summed E-state index contributed by atoms with van der Waals surface area (Å²) in [5.74, 6) is -1.11. The van der Waals surface area contributed by atoms with E-state index < -0.39 is 27.8 Å². The summed E-state index contributed by atoms with van der Waals surface area (Å²) in [6.45, 7) is 7.95. The van der Waals surface area contributed by atoms with Crippen LogP contribution in [0.2, 0.25) is 5.02 Å². The van der Waals surface area contributed by atoms with Crippen LogP contribution in [0.4, 0.5) is 15.8 Å². The number of nitrogens with zero attached hydrogens (tertiary/aromatic N) is 2. The third-order valence-electron chi connectivity index (χ3n) is 5.02. The second kappa shape index (κ2) is 10.8. The first kappa shape index (κ1) is 24.9. The number of sulfonamides is 1. The molecule has 2 aromatic rings. The van der Waals surface area contributed by atoms with E-state index in [1.807, 2.05) is 24.3 Å². The quantitative estimate of drug-likeness (QED) is 0.566. The molecule has 0 spiro atoms. The molecule has 0 saturated carbocycles. The summed E-state index contributed by atoms with van der Waals surface area (Å²) < 4.78 is 39.5. The van der Waals surface area contributed by atoms with E-state index in [1.54, 1.807) is 6.92 Å². The van der Waals surface area contributed by atoms with Crippen LogP contribution in [0.1, 0.15) is 32.8 Å². The van der Waals surface area contributed by atoms with Crippen molar-refractivity contribution < 1.29 is 17.6 Å². The smallest absolute Gasteiger partial charge is 0.244 e. The number of carbonyl (C=O) groups is 1. The maximum Gasteiger partial charge on any atom is 0.244 e. The summed E-state index contributed by atoms with van der Waals surface area (Å²) in [5.41, 5.74) is 2.14. The molecule has 6 nitrogen and oxygen atoms in total. The zero-order valence-corrected chi connectivity index (χ0v) is 19.8. The van der Waals surface area contributed by atoms with Gasteiger partial charge in [-0.15, -0.1) is 0 Å². The van der Waals surface area contributed by atoms with Crippen molar-refractivity contribution in [2.45, 2.75) is 39.8 Å². The first-order valence-corrected chi connectivity index (χ1v) is 12.4. The van der Waals surface area contributed by atoms with Gasteiger partial charge in [0.1, 0.15) is 11.9 Å². The zero-order valence-electron chi connectivity index (χ0n) is 18.2. The van der Waals surface area contributed by atoms with E-state index in [0.717, 1.165) is 41.0 Å². The van der Waals surface area contributed by atoms with Crippen LogP contribution in [0.5, 0.6) is 0 Å². The lowest BCUT2D eigenvalue weighted by Gasteiger charge is -2.30. The third kappa shape index (κ3) is 6.33. The summed E-state index contributed by atoms with van der Waals surface area (Å²) in [6.07, 6.45) is 1.24. The summed E-state index contributed by atoms with van der Waals surface area (Å²) in [5, 5.41) is 2.60. The van der Waals surface area contributed by atoms with Crippen LogP contribution in [0, 0.1) is 5.82 Å². The number of anilines is 2. The minimum absolute atomic E-state index is 0.138. The number of amides is 1. The monoisotopic (exact) mass is 469 g/mol. The highest BCUT2D eigenvalue weighted by molar-refractivity contribution is 7.92. The Kier molecular flexibility index (Phi) is 8.70. The molecular formula is C22H29ClFN3O3S. The number of hydrogen-bond donors (Lipinski definition) is 1. The van der Waals surface area contributed by atoms with Crippen molar-refractivity contribution in [1.29, 1.82) is 0 Å². The Balaban J connectivity index is 2.19. The average molecular weight is 470 g/mol. The number of carbonyl (C=O) groups excluding carboxylic acids is 1. The molecule has 0 saturated heterocycles. The summed E-state index contributed by atoms with van der Waals surface area (Å²) in [6, 6.07) is 10.4. The van der Waals surface area contributed by atoms with E-state index in [-0.39, 0.29) is 23.7 Å². The number of rotatable bonds is 10. The van der Waals surface area contributed by atoms with E-state index in [1.165, 1.54) is 12.1 Å². The molecule has 0 aliphatic rings. The fourth-order valence-corrected chi connectivity index (χ4v) is 4.78. The molecule has 2 rings (SSSR count). The second-order valence-corrected chi connectivity index (χ2v) is 9.40. The minimum Gasteiger partial charge on any atom is -0.372 e. The fourth-order valence-electron chi connectivity index (χ4n) is 3.40. The molecule has 0 bridgehead atoms. The Hall–Kier alpha value is -2.32. The number of benzene rings is 2. The Morgan fingerprint density at radius 2 is 1.65 bits per heavy atom. The zero-order chi connectivity index (χ0) is 23.2. The molecular weight excluding hydrogens is 441 g/mol. The van der Waals surface area contributed by atoms with Crippen LogP contribution in [-0.2, 0) is 21.4 Å². The van der Waals surface area contributed by atoms with Gasteiger partial charge in [0.15, 0.2) is 0 Å². The van der Waals surface area contributed by atoms with Gasteiger partial charge >= 0.3 is 0 Å². The Bertz CT molecular complexity index is 996. The molecule has 31 heavy (non-hydrogen) atoms. The van der Waals surface area contributed by atoms with Gasteiger partial charge in [0, 0.05) is 25.3 Å². The lowest BCUT2D eigenvalue weighted by molar-refractivity contribution is -0.122. The second-order valence-electron chi connectivity index (χ2n) is 7.14. The van der Waals surface area contributed by atoms with E-state index in [4.69, 9.17) is 11.6 Å². The van der Waals surface area contributed by atoms with Crippen molar-refractivity contribution in [2.75, 3.05) is 28.6 Å². The van der Waals surface area contributed by atoms with Gasteiger partial charge in [-0.25, -0.2) is 12.8 Å². The molecule has 0 radical (unpaired) electrons. The number of hydrogen-bond acceptors (Lipinski definition) is 4. The summed E-state index contributed by atoms with van der Waals surface area (Å²) in [4.78, 5) is 15.1. The van der Waals surface area contributed by atoms with E-state index in [2.05, 4.69) is 24.1 Å². The van der Waals surface area contributed by atoms with Gasteiger partial charge in [0.05, 0.1) is 17.0 Å². The number of halogens is 2. The maximum absolute atomic E-state index is 13.6. The van der Waals surface area contributed by atoms with Gasteiger partial charge in [-0.05, 0) is 56.2 Å². The lowest BCUT2D eigenvalue weighted by atomic mass is 10.1. The Morgan fingerprint density at radius 1 is 1.06 bits per heavy atom. The first-order valence-electron chi connectivity index (χ1n) is 10.2. The van der Waals surface area contributed by atoms with Gasteiger partial charge in [-0.1, -0.05) is 30.7 Å². The molecule has 0 fully saturated rings. The fraction of sp³-hybridized carbons (Fsp3) is 0.409. The van der Waals surface area contributed by atoms with Crippen molar-refractivity contribution in [3.63, 3.8) is 0 Å². The predicted octanol–water partition coefficient (Wildman–Crippen LogP) is 4.19. The molecule has 0 unspecified atom stereocenters. The lowest BCUT2D eigenvalue weighted by Crippen LogP contribution is -2.49. The summed E-state index contributed by atoms with van der Waals surface area (Å²) >= 11 is 5.83. The van der Waals surface area contributed by atoms with Crippen LogP contribution in [-0.4, -0.2) is 39.7 Å². The van der Waals surface area contributed by atoms with Gasteiger partial charge < -0.3 is 10.2 Å². The molecule has 0 aliphatic heterocycles. The molecule has 0 aliphatic carbocycles. The highest BCUT2D eigenvalue weighted by atomic mass is 35.5. The number of nitrogens with one attached hydrogen (secondary N) is 1. The summed E-state index contributed by atoms with van der Waals surface area (Å²) in [7, 11) is -3.82. The topological polar surface area (TPSA) is 69.7 Å². The molecule has 170 valence electrons. The minimum atomic E-state index is -3.82. The standard InChI is InChI=1S/C22H29ClFN3O3S/c1-5-21(27(31(4,29)30)18-12-13-20(24)19(23)14-18)22(28)25-15-16-8-10-17(11-9-16)26(6-2)7-3/h8-14,21H,5-7,15H2,1-4H3,(H,25,28)/t21-/m0/s1. The van der Waals surface area contributed by atoms with Gasteiger partial charge in [-0.3, -0.25) is 9.10 Å². The van der Waals surface area contributed by atoms with Crippen molar-refractivity contribution >= 4 is 38.9 Å². The average Bonchev–Trinajstić information content (AvgIpc) is 2.73. The van der Waals surface area contributed by atoms with Gasteiger partial charge in [0.2, 0.25) is 15.9 Å². The van der Waals surface area contributed by atoms with E-state index >= 15 is 0 Å². The van der Waals surface area contributed by atoms with Crippen molar-refractivity contribution in [1.82, 2.24) is 5.32 Å². The van der Waals surface area contributed by atoms with Crippen LogP contribution in [0.25, 0.3) is 0 Å². The molecule has 0 aromatic heterocycles. The van der Waals surface area contributed by atoms with Gasteiger partial charge in [-0.2, -0.15) is 0 Å². The van der Waals surface area contributed by atoms with E-state index in [0.29, 0.717) is 0 Å². The van der Waals surface area contributed by atoms with Crippen molar-refractivity contribution in [2.24, 2.45) is 0 Å². The maximum atomic E-state index is 13.6. The molecule has 0 heterocycles. The van der Waals surface area contributed by atoms with Crippen LogP contribution < -0.4 is 14.5 Å². The normalized spacial score (nSPS) is 12.3. The van der Waals surface area contributed by atoms with Crippen LogP contribution in [0.15, 0.2) is 42.5 Å². The van der Waals surface area contributed by atoms with E-state index in [9.17, 15) is 17.6 Å². The Labute approximate surface area is 189 Å². The molecule has 1 atom stereocenters. The first-order chi connectivity index (χ1) is 14.6. The highest BCUT2D eigenvalue weighted by Crippen LogP contribution is 2.27. The largest absolute Gasteiger partial charge is 0.372 e. The van der Waals surface area contributed by atoms with Crippen LogP contribution >= 0.6 is 11.6 Å². The third-order valence-corrected chi connectivity index (χ3v) is 6.49. The molecule has 1 N–H and O–H groups in total. The Morgan fingerprint density at radius 3 is 2.13 bits per heavy atom. The van der Waals surface area contributed by atoms with Crippen LogP contribution in [0.3, 0.4) is 0 Å². The molecule has 2 aromatic carbocycles. The predicted molar refractivity (Wildman–Crippen MR) is 125 cm³/mol. The molecule has 9 heteroatoms.